The SMILES string of the molecule is CC(C)(C)OC(=O)NC1CCC(C(=O)N2CC[C@H](CNc3ncc(-c4ccc5cc(-c6cnc([C@@H]7CCCN7C(=O)C7CCC(NC(=O)OC(C)(C)C)CC7)[nH]6)ccc5c4)cn3)C2)CC1. The minimum atomic E-state index is -0.543. The van der Waals surface area contributed by atoms with Gasteiger partial charge in [0.2, 0.25) is 17.8 Å². The van der Waals surface area contributed by atoms with E-state index in [0.29, 0.717) is 18.4 Å². The van der Waals surface area contributed by atoms with E-state index < -0.39 is 23.4 Å². The van der Waals surface area contributed by atoms with Crippen molar-refractivity contribution in [1.82, 2.24) is 40.4 Å². The van der Waals surface area contributed by atoms with Crippen LogP contribution in [0.2, 0.25) is 0 Å². The van der Waals surface area contributed by atoms with Crippen LogP contribution >= 0.6 is 0 Å². The Hall–Kier alpha value is -5.73. The number of hydrogen-bond acceptors (Lipinski definition) is 10. The standard InChI is InChI=1S/C50H67N9O6/c1-49(2,3)64-47(62)55-39-17-13-32(14-18-39)44(60)58-23-21-31(30-58)26-52-46-53-27-38(28-54-46)36-10-9-35-25-37(12-11-34(35)24-36)41-29-51-43(57-41)42-8-7-22-59(42)45(61)33-15-19-40(20-16-33)56-48(63)65-50(4,5)6/h9-12,24-25,27-29,31-33,39-40,42H,7-8,13-23,26,30H2,1-6H3,(H,51,57)(H,55,62)(H,56,63)(H,52,53,54)/t31-,32?,33?,39?,40?,42+/m1/s1. The first-order chi connectivity index (χ1) is 31.0. The van der Waals surface area contributed by atoms with Crippen LogP contribution in [0.25, 0.3) is 33.2 Å². The van der Waals surface area contributed by atoms with Gasteiger partial charge in [-0.3, -0.25) is 9.59 Å². The highest BCUT2D eigenvalue weighted by molar-refractivity contribution is 5.90. The Bertz CT molecular complexity index is 2320. The number of rotatable bonds is 10. The number of nitrogens with zero attached hydrogens (tertiary/aromatic N) is 5. The Morgan fingerprint density at radius 1 is 0.662 bits per heavy atom. The molecule has 2 atom stereocenters. The molecule has 2 aliphatic heterocycles. The Morgan fingerprint density at radius 2 is 1.23 bits per heavy atom. The zero-order valence-electron chi connectivity index (χ0n) is 39.0. The summed E-state index contributed by atoms with van der Waals surface area (Å²) in [5.74, 6) is 2.09. The number of likely N-dealkylation sites (tertiary alicyclic amines) is 2. The normalized spacial score (nSPS) is 23.8. The van der Waals surface area contributed by atoms with Crippen LogP contribution in [0.1, 0.15) is 124 Å². The Morgan fingerprint density at radius 3 is 1.83 bits per heavy atom. The first-order valence-corrected chi connectivity index (χ1v) is 23.8. The van der Waals surface area contributed by atoms with E-state index in [0.717, 1.165) is 129 Å². The van der Waals surface area contributed by atoms with E-state index in [1.165, 1.54) is 0 Å². The van der Waals surface area contributed by atoms with Crippen LogP contribution in [0.3, 0.4) is 0 Å². The van der Waals surface area contributed by atoms with Gasteiger partial charge < -0.3 is 40.2 Å². The number of anilines is 1. The third-order valence-electron chi connectivity index (χ3n) is 13.3. The van der Waals surface area contributed by atoms with Crippen LogP contribution in [0.15, 0.2) is 55.0 Å². The molecule has 4 aliphatic rings. The maximum Gasteiger partial charge on any atom is 0.407 e. The average molecular weight is 890 g/mol. The molecule has 65 heavy (non-hydrogen) atoms. The largest absolute Gasteiger partial charge is 0.444 e. The van der Waals surface area contributed by atoms with Crippen LogP contribution in [0, 0.1) is 17.8 Å². The van der Waals surface area contributed by atoms with E-state index in [4.69, 9.17) is 14.5 Å². The van der Waals surface area contributed by atoms with Crippen molar-refractivity contribution in [3.63, 3.8) is 0 Å². The number of amides is 4. The highest BCUT2D eigenvalue weighted by atomic mass is 16.6. The molecule has 348 valence electrons. The first-order valence-electron chi connectivity index (χ1n) is 23.8. The molecule has 0 radical (unpaired) electrons. The summed E-state index contributed by atoms with van der Waals surface area (Å²) in [5, 5.41) is 11.5. The smallest absolute Gasteiger partial charge is 0.407 e. The summed E-state index contributed by atoms with van der Waals surface area (Å²) in [6.45, 7) is 14.0. The van der Waals surface area contributed by atoms with Gasteiger partial charge in [0, 0.05) is 73.6 Å². The van der Waals surface area contributed by atoms with Crippen molar-refractivity contribution in [1.29, 1.82) is 0 Å². The van der Waals surface area contributed by atoms with Crippen molar-refractivity contribution in [2.75, 3.05) is 31.5 Å². The number of carbonyl (C=O) groups is 4. The third-order valence-corrected chi connectivity index (χ3v) is 13.3. The Balaban J connectivity index is 0.796. The molecule has 4 amide bonds. The van der Waals surface area contributed by atoms with E-state index in [2.05, 4.69) is 67.3 Å². The number of nitrogens with one attached hydrogen (secondary N) is 4. The predicted octanol–water partition coefficient (Wildman–Crippen LogP) is 8.78. The second-order valence-corrected chi connectivity index (χ2v) is 20.7. The van der Waals surface area contributed by atoms with E-state index in [9.17, 15) is 19.2 Å². The maximum absolute atomic E-state index is 13.8. The van der Waals surface area contributed by atoms with Gasteiger partial charge in [-0.1, -0.05) is 24.3 Å². The Labute approximate surface area is 382 Å². The molecule has 15 heteroatoms. The molecule has 2 aromatic carbocycles. The van der Waals surface area contributed by atoms with Gasteiger partial charge in [-0.05, 0) is 147 Å². The second-order valence-electron chi connectivity index (χ2n) is 20.7. The van der Waals surface area contributed by atoms with Crippen molar-refractivity contribution in [2.45, 2.75) is 141 Å². The van der Waals surface area contributed by atoms with Gasteiger partial charge in [0.1, 0.15) is 17.0 Å². The van der Waals surface area contributed by atoms with E-state index in [-0.39, 0.29) is 41.8 Å². The molecule has 0 bridgehead atoms. The molecule has 4 aromatic rings. The molecule has 2 saturated heterocycles. The third kappa shape index (κ3) is 11.8. The summed E-state index contributed by atoms with van der Waals surface area (Å²) in [6, 6.07) is 12.7. The predicted molar refractivity (Wildman–Crippen MR) is 250 cm³/mol. The van der Waals surface area contributed by atoms with Crippen molar-refractivity contribution >= 4 is 40.7 Å². The van der Waals surface area contributed by atoms with Crippen molar-refractivity contribution in [3.05, 3.63) is 60.8 Å². The van der Waals surface area contributed by atoms with Crippen molar-refractivity contribution < 1.29 is 28.7 Å². The molecule has 15 nitrogen and oxygen atoms in total. The zero-order chi connectivity index (χ0) is 45.9. The van der Waals surface area contributed by atoms with Crippen LogP contribution in [-0.4, -0.2) is 103 Å². The van der Waals surface area contributed by atoms with Gasteiger partial charge in [0.05, 0.1) is 17.9 Å². The van der Waals surface area contributed by atoms with E-state index in [1.54, 1.807) is 0 Å². The fraction of sp³-hybridized carbons (Fsp3) is 0.580. The lowest BCUT2D eigenvalue weighted by Crippen LogP contribution is -2.43. The van der Waals surface area contributed by atoms with Crippen LogP contribution in [0.4, 0.5) is 15.5 Å². The molecule has 0 spiro atoms. The molecule has 0 unspecified atom stereocenters. The van der Waals surface area contributed by atoms with Gasteiger partial charge in [-0.2, -0.15) is 0 Å². The number of ether oxygens (including phenoxy) is 2. The first kappa shape index (κ1) is 45.8. The number of aromatic amines is 1. The lowest BCUT2D eigenvalue weighted by Gasteiger charge is -2.33. The van der Waals surface area contributed by atoms with Crippen LogP contribution in [0.5, 0.6) is 0 Å². The molecular weight excluding hydrogens is 823 g/mol. The number of hydrogen-bond donors (Lipinski definition) is 4. The number of H-pyrrole nitrogens is 1. The van der Waals surface area contributed by atoms with E-state index in [1.807, 2.05) is 69.9 Å². The summed E-state index contributed by atoms with van der Waals surface area (Å²) >= 11 is 0. The quantitative estimate of drug-likeness (QED) is 0.120. The minimum absolute atomic E-state index is 0.00484. The molecule has 2 saturated carbocycles. The molecule has 4 fully saturated rings. The minimum Gasteiger partial charge on any atom is -0.444 e. The lowest BCUT2D eigenvalue weighted by molar-refractivity contribution is -0.138. The summed E-state index contributed by atoms with van der Waals surface area (Å²) < 4.78 is 10.8. The van der Waals surface area contributed by atoms with Gasteiger partial charge in [-0.25, -0.2) is 24.5 Å². The zero-order valence-corrected chi connectivity index (χ0v) is 39.0. The molecule has 4 N–H and O–H groups in total. The topological polar surface area (TPSA) is 184 Å². The maximum atomic E-state index is 13.8. The molecule has 8 rings (SSSR count). The van der Waals surface area contributed by atoms with Gasteiger partial charge in [-0.15, -0.1) is 0 Å². The number of imidazole rings is 1. The number of carbonyl (C=O) groups excluding carboxylic acids is 4. The molecule has 2 aliphatic carbocycles. The highest BCUT2D eigenvalue weighted by Crippen LogP contribution is 2.37. The van der Waals surface area contributed by atoms with E-state index >= 15 is 0 Å². The lowest BCUT2D eigenvalue weighted by atomic mass is 9.85. The fourth-order valence-electron chi connectivity index (χ4n) is 9.97. The summed E-state index contributed by atoms with van der Waals surface area (Å²) in [7, 11) is 0. The summed E-state index contributed by atoms with van der Waals surface area (Å²) in [6.07, 6.45) is 13.7. The number of alkyl carbamates (subject to hydrolysis) is 2. The number of fused-ring (bicyclic) bond motifs is 1. The number of aromatic nitrogens is 4. The Kier molecular flexibility index (Phi) is 13.7. The van der Waals surface area contributed by atoms with Gasteiger partial charge in [0.15, 0.2) is 0 Å². The van der Waals surface area contributed by atoms with Gasteiger partial charge >= 0.3 is 12.2 Å². The molecule has 2 aromatic heterocycles. The second kappa shape index (κ2) is 19.4. The highest BCUT2D eigenvalue weighted by Gasteiger charge is 2.38. The van der Waals surface area contributed by atoms with Crippen molar-refractivity contribution in [3.8, 4) is 22.4 Å². The monoisotopic (exact) mass is 890 g/mol. The van der Waals surface area contributed by atoms with Crippen LogP contribution < -0.4 is 16.0 Å². The number of benzene rings is 2. The fourth-order valence-corrected chi connectivity index (χ4v) is 9.97. The summed E-state index contributed by atoms with van der Waals surface area (Å²) in [4.78, 5) is 73.3. The van der Waals surface area contributed by atoms with Crippen molar-refractivity contribution in [2.24, 2.45) is 17.8 Å². The average Bonchev–Trinajstić information content (AvgIpc) is 4.06. The molecular formula is C50H67N9O6. The molecule has 4 heterocycles. The van der Waals surface area contributed by atoms with Crippen LogP contribution in [-0.2, 0) is 19.1 Å². The van der Waals surface area contributed by atoms with Gasteiger partial charge in [0.25, 0.3) is 0 Å². The summed E-state index contributed by atoms with van der Waals surface area (Å²) in [5.41, 5.74) is 2.82.